The summed E-state index contributed by atoms with van der Waals surface area (Å²) in [5.41, 5.74) is 4.64. The Morgan fingerprint density at radius 2 is 1.58 bits per heavy atom. The van der Waals surface area contributed by atoms with Crippen molar-refractivity contribution in [3.63, 3.8) is 0 Å². The van der Waals surface area contributed by atoms with Crippen LogP contribution < -0.4 is 0 Å². The Hall–Kier alpha value is -4.19. The van der Waals surface area contributed by atoms with Gasteiger partial charge in [-0.25, -0.2) is 4.79 Å². The molecule has 31 heavy (non-hydrogen) atoms. The molecule has 0 spiro atoms. The molecule has 1 N–H and O–H groups in total. The first kappa shape index (κ1) is 20.1. The summed E-state index contributed by atoms with van der Waals surface area (Å²) in [4.78, 5) is 12.9. The van der Waals surface area contributed by atoms with Crippen molar-refractivity contribution >= 4 is 11.5 Å². The van der Waals surface area contributed by atoms with Gasteiger partial charge < -0.3 is 9.84 Å². The fourth-order valence-electron chi connectivity index (χ4n) is 3.88. The lowest BCUT2D eigenvalue weighted by atomic mass is 9.95. The molecule has 0 radical (unpaired) electrons. The van der Waals surface area contributed by atoms with Crippen LogP contribution in [-0.2, 0) is 11.2 Å². The third-order valence-electron chi connectivity index (χ3n) is 5.27. The van der Waals surface area contributed by atoms with E-state index in [1.54, 1.807) is 24.3 Å². The quantitative estimate of drug-likeness (QED) is 0.303. The van der Waals surface area contributed by atoms with Crippen molar-refractivity contribution in [1.29, 1.82) is 10.5 Å². The smallest absolute Gasteiger partial charge is 0.338 e. The molecule has 4 rings (SSSR count). The van der Waals surface area contributed by atoms with Crippen LogP contribution in [0.5, 0.6) is 0 Å². The zero-order valence-electron chi connectivity index (χ0n) is 16.6. The Kier molecular flexibility index (Phi) is 5.62. The minimum atomic E-state index is -1.56. The second kappa shape index (κ2) is 8.67. The van der Waals surface area contributed by atoms with E-state index in [2.05, 4.69) is 0 Å². The highest BCUT2D eigenvalue weighted by Gasteiger charge is 2.32. The summed E-state index contributed by atoms with van der Waals surface area (Å²) >= 11 is 0. The van der Waals surface area contributed by atoms with Gasteiger partial charge >= 0.3 is 5.97 Å². The number of carbonyl (C=O) groups is 1. The maximum absolute atomic E-state index is 12.9. The predicted octanol–water partition coefficient (Wildman–Crippen LogP) is 4.28. The van der Waals surface area contributed by atoms with Crippen molar-refractivity contribution in [3.05, 3.63) is 101 Å². The first-order chi connectivity index (χ1) is 15.2. The van der Waals surface area contributed by atoms with E-state index in [0.717, 1.165) is 11.1 Å². The van der Waals surface area contributed by atoms with Crippen LogP contribution in [0.4, 0.5) is 0 Å². The largest absolute Gasteiger partial charge is 0.462 e. The minimum Gasteiger partial charge on any atom is -0.462 e. The lowest BCUT2D eigenvalue weighted by Gasteiger charge is -2.11. The second-order valence-corrected chi connectivity index (χ2v) is 7.08. The molecule has 5 nitrogen and oxygen atoms in total. The van der Waals surface area contributed by atoms with Crippen LogP contribution in [-0.4, -0.2) is 23.8 Å². The number of hydrogen-bond donors (Lipinski definition) is 1. The molecule has 0 aliphatic heterocycles. The van der Waals surface area contributed by atoms with E-state index in [9.17, 15) is 15.2 Å². The van der Waals surface area contributed by atoms with Crippen molar-refractivity contribution in [2.24, 2.45) is 0 Å². The number of benzene rings is 3. The number of fused-ring (bicyclic) bond motifs is 3. The first-order valence-corrected chi connectivity index (χ1v) is 9.82. The molecule has 1 aliphatic rings. The number of aliphatic hydroxyl groups is 1. The summed E-state index contributed by atoms with van der Waals surface area (Å²) in [6, 6.07) is 26.0. The van der Waals surface area contributed by atoms with Gasteiger partial charge in [-0.05, 0) is 28.3 Å². The molecule has 1 aliphatic carbocycles. The topological polar surface area (TPSA) is 94.1 Å². The number of nitriles is 2. The zero-order chi connectivity index (χ0) is 21.8. The van der Waals surface area contributed by atoms with E-state index in [0.29, 0.717) is 34.2 Å². The lowest BCUT2D eigenvalue weighted by Crippen LogP contribution is -2.10. The average Bonchev–Trinajstić information content (AvgIpc) is 3.14. The number of carbonyl (C=O) groups excluding carboxylic acids is 1. The van der Waals surface area contributed by atoms with E-state index in [-0.39, 0.29) is 12.2 Å². The summed E-state index contributed by atoms with van der Waals surface area (Å²) in [7, 11) is 0. The maximum atomic E-state index is 12.9. The molecule has 0 aromatic heterocycles. The van der Waals surface area contributed by atoms with Gasteiger partial charge in [0.1, 0.15) is 0 Å². The molecule has 150 valence electrons. The molecular formula is C26H18N2O3. The van der Waals surface area contributed by atoms with Crippen LogP contribution in [0.3, 0.4) is 0 Å². The number of rotatable bonds is 5. The van der Waals surface area contributed by atoms with E-state index < -0.39 is 12.1 Å². The van der Waals surface area contributed by atoms with Crippen LogP contribution in [0.15, 0.2) is 78.4 Å². The molecule has 0 heterocycles. The van der Waals surface area contributed by atoms with Crippen molar-refractivity contribution < 1.29 is 14.6 Å². The third kappa shape index (κ3) is 3.71. The Bertz CT molecular complexity index is 1260. The molecular weight excluding hydrogens is 388 g/mol. The first-order valence-electron chi connectivity index (χ1n) is 9.82. The normalized spacial score (nSPS) is 13.9. The fraction of sp³-hybridized carbons (Fsp3) is 0.115. The number of hydrogen-bond acceptors (Lipinski definition) is 5. The Balaban J connectivity index is 1.74. The Labute approximate surface area is 180 Å². The van der Waals surface area contributed by atoms with Gasteiger partial charge in [-0.1, -0.05) is 66.7 Å². The lowest BCUT2D eigenvalue weighted by molar-refractivity contribution is 0.0510. The molecule has 0 bridgehead atoms. The van der Waals surface area contributed by atoms with Crippen molar-refractivity contribution in [2.75, 3.05) is 6.61 Å². The molecule has 3 aromatic carbocycles. The maximum Gasteiger partial charge on any atom is 0.338 e. The second-order valence-electron chi connectivity index (χ2n) is 7.08. The highest BCUT2D eigenvalue weighted by Crippen LogP contribution is 2.47. The van der Waals surface area contributed by atoms with Gasteiger partial charge in [-0.3, -0.25) is 0 Å². The average molecular weight is 406 g/mol. The monoisotopic (exact) mass is 406 g/mol. The SMILES string of the molecule is N#CC(=C1c2ccccc2-c2c(C(=O)OCCc3ccccc3)cccc21)C(O)C#N. The van der Waals surface area contributed by atoms with Gasteiger partial charge in [0.25, 0.3) is 0 Å². The number of esters is 1. The van der Waals surface area contributed by atoms with E-state index >= 15 is 0 Å². The highest BCUT2D eigenvalue weighted by molar-refractivity contribution is 6.10. The molecule has 5 heteroatoms. The van der Waals surface area contributed by atoms with Crippen molar-refractivity contribution in [3.8, 4) is 23.3 Å². The van der Waals surface area contributed by atoms with Gasteiger partial charge in [-0.2, -0.15) is 10.5 Å². The molecule has 3 aromatic rings. The van der Waals surface area contributed by atoms with Crippen molar-refractivity contribution in [1.82, 2.24) is 0 Å². The van der Waals surface area contributed by atoms with Gasteiger partial charge in [0.05, 0.1) is 29.9 Å². The van der Waals surface area contributed by atoms with Gasteiger partial charge in [0.15, 0.2) is 6.10 Å². The van der Waals surface area contributed by atoms with Gasteiger partial charge in [-0.15, -0.1) is 0 Å². The third-order valence-corrected chi connectivity index (χ3v) is 5.27. The number of aliphatic hydroxyl groups excluding tert-OH is 1. The molecule has 1 atom stereocenters. The predicted molar refractivity (Wildman–Crippen MR) is 116 cm³/mol. The molecule has 1 unspecified atom stereocenters. The Morgan fingerprint density at radius 3 is 2.29 bits per heavy atom. The summed E-state index contributed by atoms with van der Waals surface area (Å²) < 4.78 is 5.54. The van der Waals surface area contributed by atoms with Crippen LogP contribution in [0.2, 0.25) is 0 Å². The zero-order valence-corrected chi connectivity index (χ0v) is 16.6. The van der Waals surface area contributed by atoms with E-state index in [1.807, 2.05) is 60.7 Å². The summed E-state index contributed by atoms with van der Waals surface area (Å²) in [5, 5.41) is 28.9. The van der Waals surface area contributed by atoms with Crippen molar-refractivity contribution in [2.45, 2.75) is 12.5 Å². The Morgan fingerprint density at radius 1 is 0.903 bits per heavy atom. The number of nitrogens with zero attached hydrogens (tertiary/aromatic N) is 2. The van der Waals surface area contributed by atoms with E-state index in [4.69, 9.17) is 10.00 Å². The van der Waals surface area contributed by atoms with Crippen LogP contribution in [0.25, 0.3) is 16.7 Å². The van der Waals surface area contributed by atoms with Crippen LogP contribution in [0, 0.1) is 22.7 Å². The fourth-order valence-corrected chi connectivity index (χ4v) is 3.88. The van der Waals surface area contributed by atoms with Gasteiger partial charge in [0.2, 0.25) is 0 Å². The molecule has 0 amide bonds. The molecule has 0 fully saturated rings. The summed E-state index contributed by atoms with van der Waals surface area (Å²) in [5.74, 6) is -0.455. The standard InChI is InChI=1S/C26H18N2O3/c27-15-22(23(29)16-28)25-19-10-5-4-9-18(19)24-20(25)11-6-12-21(24)26(30)31-14-13-17-7-2-1-3-8-17/h1-12,23,29H,13-14H2. The molecule has 0 saturated heterocycles. The summed E-state index contributed by atoms with van der Waals surface area (Å²) in [6.45, 7) is 0.244. The van der Waals surface area contributed by atoms with E-state index in [1.165, 1.54) is 0 Å². The minimum absolute atomic E-state index is 0.0386. The van der Waals surface area contributed by atoms with Crippen LogP contribution in [0.1, 0.15) is 27.0 Å². The number of ether oxygens (including phenoxy) is 1. The summed E-state index contributed by atoms with van der Waals surface area (Å²) in [6.07, 6.45) is -0.948. The van der Waals surface area contributed by atoms with Crippen LogP contribution >= 0.6 is 0 Å². The molecule has 0 saturated carbocycles. The highest BCUT2D eigenvalue weighted by atomic mass is 16.5. The van der Waals surface area contributed by atoms with Gasteiger partial charge in [0, 0.05) is 17.6 Å².